The Bertz CT molecular complexity index is 797. The van der Waals surface area contributed by atoms with Crippen LogP contribution in [-0.4, -0.2) is 18.1 Å². The van der Waals surface area contributed by atoms with Crippen LogP contribution in [0.15, 0.2) is 76.2 Å². The number of anilines is 1. The zero-order valence-corrected chi connectivity index (χ0v) is 18.7. The highest BCUT2D eigenvalue weighted by Gasteiger charge is 2.22. The van der Waals surface area contributed by atoms with Gasteiger partial charge in [0.15, 0.2) is 0 Å². The van der Waals surface area contributed by atoms with E-state index in [4.69, 9.17) is 5.26 Å². The van der Waals surface area contributed by atoms with E-state index in [1.807, 2.05) is 23.5 Å². The van der Waals surface area contributed by atoms with Gasteiger partial charge in [-0.1, -0.05) is 36.4 Å². The van der Waals surface area contributed by atoms with E-state index in [1.54, 1.807) is 5.57 Å². The van der Waals surface area contributed by atoms with Crippen molar-refractivity contribution in [1.82, 2.24) is 0 Å². The Labute approximate surface area is 184 Å². The lowest BCUT2D eigenvalue weighted by Gasteiger charge is -2.23. The Balaban J connectivity index is 1.59. The molecule has 29 heavy (non-hydrogen) atoms. The number of nitrogens with zero attached hydrogens (tertiary/aromatic N) is 2. The van der Waals surface area contributed by atoms with Crippen LogP contribution in [-0.2, 0) is 0 Å². The Kier molecular flexibility index (Phi) is 9.56. The van der Waals surface area contributed by atoms with Gasteiger partial charge in [0.2, 0.25) is 0 Å². The highest BCUT2D eigenvalue weighted by molar-refractivity contribution is 8.03. The summed E-state index contributed by atoms with van der Waals surface area (Å²) in [6.45, 7) is 1.09. The first-order valence-corrected chi connectivity index (χ1v) is 12.6. The first kappa shape index (κ1) is 21.9. The van der Waals surface area contributed by atoms with Gasteiger partial charge in [-0.25, -0.2) is 0 Å². The van der Waals surface area contributed by atoms with Gasteiger partial charge < -0.3 is 4.90 Å². The number of thioether (sulfide) groups is 2. The number of rotatable bonds is 11. The third-order valence-electron chi connectivity index (χ3n) is 5.07. The minimum atomic E-state index is 0.672. The Morgan fingerprint density at radius 2 is 1.62 bits per heavy atom. The van der Waals surface area contributed by atoms with Crippen molar-refractivity contribution < 1.29 is 0 Å². The number of unbranched alkanes of at least 4 members (excludes halogenated alkanes) is 3. The van der Waals surface area contributed by atoms with Gasteiger partial charge in [-0.05, 0) is 74.1 Å². The Hall–Kier alpha value is -1.83. The Morgan fingerprint density at radius 3 is 2.34 bits per heavy atom. The van der Waals surface area contributed by atoms with E-state index < -0.39 is 0 Å². The largest absolute Gasteiger partial charge is 0.335 e. The predicted molar refractivity (Wildman–Crippen MR) is 128 cm³/mol. The first-order chi connectivity index (χ1) is 14.4. The first-order valence-electron chi connectivity index (χ1n) is 10.6. The number of allylic oxidation sites excluding steroid dienone is 1. The fraction of sp³-hybridized carbons (Fsp3) is 0.400. The zero-order valence-electron chi connectivity index (χ0n) is 17.1. The summed E-state index contributed by atoms with van der Waals surface area (Å²) >= 11 is 3.97. The molecule has 1 saturated heterocycles. The highest BCUT2D eigenvalue weighted by atomic mass is 32.2. The molecule has 0 bridgehead atoms. The molecule has 2 nitrogen and oxygen atoms in total. The van der Waals surface area contributed by atoms with Crippen LogP contribution >= 0.6 is 23.5 Å². The lowest BCUT2D eigenvalue weighted by atomic mass is 10.0. The maximum atomic E-state index is 8.85. The second-order valence-electron chi connectivity index (χ2n) is 7.23. The van der Waals surface area contributed by atoms with Crippen LogP contribution in [0.2, 0.25) is 0 Å². The van der Waals surface area contributed by atoms with E-state index >= 15 is 0 Å². The summed E-state index contributed by atoms with van der Waals surface area (Å²) in [6, 6.07) is 23.8. The second-order valence-corrected chi connectivity index (χ2v) is 9.48. The van der Waals surface area contributed by atoms with E-state index in [0.717, 1.165) is 31.6 Å². The van der Waals surface area contributed by atoms with E-state index in [0.29, 0.717) is 6.42 Å². The average molecular weight is 423 g/mol. The molecule has 0 aromatic heterocycles. The van der Waals surface area contributed by atoms with Crippen molar-refractivity contribution in [2.75, 3.05) is 23.0 Å². The number of para-hydroxylation sites is 1. The van der Waals surface area contributed by atoms with Crippen molar-refractivity contribution in [3.63, 3.8) is 0 Å². The maximum absolute atomic E-state index is 8.85. The quantitative estimate of drug-likeness (QED) is 0.277. The van der Waals surface area contributed by atoms with Gasteiger partial charge in [-0.2, -0.15) is 5.26 Å². The van der Waals surface area contributed by atoms with Crippen LogP contribution in [0, 0.1) is 11.3 Å². The van der Waals surface area contributed by atoms with Gasteiger partial charge in [0.25, 0.3) is 0 Å². The molecule has 1 heterocycles. The van der Waals surface area contributed by atoms with Crippen LogP contribution in [0.25, 0.3) is 0 Å². The highest BCUT2D eigenvalue weighted by Crippen LogP contribution is 2.38. The average Bonchev–Trinajstić information content (AvgIpc) is 3.26. The molecule has 0 atom stereocenters. The van der Waals surface area contributed by atoms with Crippen molar-refractivity contribution in [3.05, 3.63) is 71.3 Å². The summed E-state index contributed by atoms with van der Waals surface area (Å²) in [7, 11) is 0. The van der Waals surface area contributed by atoms with Crippen LogP contribution in [0.5, 0.6) is 0 Å². The standard InChI is InChI=1S/C25H30N2S2/c26-18-10-3-4-12-22(13-9-11-20-28-24-16-7-2-8-17-24)25-27(19-21-29-25)23-14-5-1-6-15-23/h1-2,5-8,14-17H,3-4,9-13,19-21H2/b25-22-. The van der Waals surface area contributed by atoms with Crippen molar-refractivity contribution in [2.24, 2.45) is 0 Å². The molecule has 0 aliphatic carbocycles. The molecule has 0 saturated carbocycles. The SMILES string of the molecule is N#CCCCC/C(CCCCSc1ccccc1)=C1/SCCN1c1ccccc1. The minimum absolute atomic E-state index is 0.672. The lowest BCUT2D eigenvalue weighted by Crippen LogP contribution is -2.18. The maximum Gasteiger partial charge on any atom is 0.0744 e. The predicted octanol–water partition coefficient (Wildman–Crippen LogP) is 7.50. The van der Waals surface area contributed by atoms with Crippen LogP contribution in [0.4, 0.5) is 5.69 Å². The molecular formula is C25H30N2S2. The summed E-state index contributed by atoms with van der Waals surface area (Å²) in [4.78, 5) is 3.87. The summed E-state index contributed by atoms with van der Waals surface area (Å²) in [5, 5.41) is 10.3. The molecule has 1 aliphatic heterocycles. The molecule has 0 amide bonds. The molecule has 2 aromatic rings. The fourth-order valence-corrected chi connectivity index (χ4v) is 5.75. The van der Waals surface area contributed by atoms with E-state index in [-0.39, 0.29) is 0 Å². The van der Waals surface area contributed by atoms with Crippen LogP contribution < -0.4 is 4.90 Å². The topological polar surface area (TPSA) is 27.0 Å². The second kappa shape index (κ2) is 12.7. The van der Waals surface area contributed by atoms with E-state index in [9.17, 15) is 0 Å². The summed E-state index contributed by atoms with van der Waals surface area (Å²) in [5.41, 5.74) is 2.90. The van der Waals surface area contributed by atoms with Crippen molar-refractivity contribution in [2.45, 2.75) is 49.8 Å². The third-order valence-corrected chi connectivity index (χ3v) is 7.34. The minimum Gasteiger partial charge on any atom is -0.335 e. The van der Waals surface area contributed by atoms with Gasteiger partial charge in [0.05, 0.1) is 11.1 Å². The van der Waals surface area contributed by atoms with Crippen molar-refractivity contribution in [1.29, 1.82) is 5.26 Å². The van der Waals surface area contributed by atoms with Gasteiger partial charge in [0.1, 0.15) is 0 Å². The van der Waals surface area contributed by atoms with Crippen LogP contribution in [0.3, 0.4) is 0 Å². The normalized spacial score (nSPS) is 15.3. The van der Waals surface area contributed by atoms with Gasteiger partial charge in [-0.15, -0.1) is 23.5 Å². The number of hydrogen-bond acceptors (Lipinski definition) is 4. The fourth-order valence-electron chi connectivity index (χ4n) is 3.59. The molecular weight excluding hydrogens is 392 g/mol. The van der Waals surface area contributed by atoms with Gasteiger partial charge in [-0.3, -0.25) is 0 Å². The number of benzene rings is 2. The van der Waals surface area contributed by atoms with E-state index in [2.05, 4.69) is 71.6 Å². The molecule has 0 unspecified atom stereocenters. The molecule has 3 rings (SSSR count). The molecule has 152 valence electrons. The monoisotopic (exact) mass is 422 g/mol. The summed E-state index contributed by atoms with van der Waals surface area (Å²) in [6.07, 6.45) is 7.57. The third kappa shape index (κ3) is 7.17. The van der Waals surface area contributed by atoms with Gasteiger partial charge in [0, 0.05) is 29.3 Å². The smallest absolute Gasteiger partial charge is 0.0744 e. The lowest BCUT2D eigenvalue weighted by molar-refractivity contribution is 0.692. The molecule has 2 aromatic carbocycles. The number of hydrogen-bond donors (Lipinski definition) is 0. The summed E-state index contributed by atoms with van der Waals surface area (Å²) in [5.74, 6) is 2.34. The van der Waals surface area contributed by atoms with Gasteiger partial charge >= 0.3 is 0 Å². The van der Waals surface area contributed by atoms with Crippen LogP contribution in [0.1, 0.15) is 44.9 Å². The molecule has 0 spiro atoms. The summed E-state index contributed by atoms with van der Waals surface area (Å²) < 4.78 is 0. The number of nitriles is 1. The molecule has 4 heteroatoms. The Morgan fingerprint density at radius 1 is 0.931 bits per heavy atom. The van der Waals surface area contributed by atoms with E-state index in [1.165, 1.54) is 40.6 Å². The van der Waals surface area contributed by atoms with Crippen molar-refractivity contribution in [3.8, 4) is 6.07 Å². The van der Waals surface area contributed by atoms with Crippen molar-refractivity contribution >= 4 is 29.2 Å². The molecule has 1 fully saturated rings. The zero-order chi connectivity index (χ0) is 20.2. The molecule has 1 aliphatic rings. The molecule has 0 N–H and O–H groups in total. The molecule has 0 radical (unpaired) electrons.